The van der Waals surface area contributed by atoms with Gasteiger partial charge in [-0.2, -0.15) is 0 Å². The molecular weight excluding hydrogens is 278 g/mol. The molecule has 1 atom stereocenters. The van der Waals surface area contributed by atoms with E-state index in [0.29, 0.717) is 0 Å². The first-order valence-electron chi connectivity index (χ1n) is 6.21. The Morgan fingerprint density at radius 1 is 1.60 bits per heavy atom. The second-order valence-corrected chi connectivity index (χ2v) is 5.32. The molecule has 3 N–H and O–H groups in total. The van der Waals surface area contributed by atoms with Crippen molar-refractivity contribution in [2.75, 3.05) is 0 Å². The summed E-state index contributed by atoms with van der Waals surface area (Å²) in [5, 5.41) is 14.2. The van der Waals surface area contributed by atoms with Gasteiger partial charge >= 0.3 is 0 Å². The van der Waals surface area contributed by atoms with Gasteiger partial charge in [0, 0.05) is 6.04 Å². The van der Waals surface area contributed by atoms with Crippen molar-refractivity contribution >= 4 is 17.2 Å². The van der Waals surface area contributed by atoms with Gasteiger partial charge in [-0.25, -0.2) is 4.98 Å². The lowest BCUT2D eigenvalue weighted by atomic mass is 10.2. The third-order valence-electron chi connectivity index (χ3n) is 2.85. The first kappa shape index (κ1) is 14.3. The van der Waals surface area contributed by atoms with Crippen LogP contribution in [-0.4, -0.2) is 27.0 Å². The minimum absolute atomic E-state index is 0.0619. The summed E-state index contributed by atoms with van der Waals surface area (Å²) in [6, 6.07) is 3.52. The zero-order valence-corrected chi connectivity index (χ0v) is 12.0. The number of aromatic amines is 1. The summed E-state index contributed by atoms with van der Waals surface area (Å²) in [7, 11) is 0. The van der Waals surface area contributed by atoms with Crippen LogP contribution in [0.1, 0.15) is 30.8 Å². The summed E-state index contributed by atoms with van der Waals surface area (Å²) in [6.45, 7) is 3.76. The smallest absolute Gasteiger partial charge is 0.294 e. The standard InChI is InChI=1S/C13H15N3O3S/c1-3-7(2)14-12(18)9-10(17)13(19)16-11(15-9)8-5-4-6-20-8/h4-7,17H,3H2,1-2H3,(H,14,18)(H,15,16,19). The lowest BCUT2D eigenvalue weighted by Crippen LogP contribution is -2.33. The molecular formula is C13H15N3O3S. The Hall–Kier alpha value is -2.15. The average molecular weight is 293 g/mol. The van der Waals surface area contributed by atoms with Gasteiger partial charge in [0.25, 0.3) is 11.5 Å². The third kappa shape index (κ3) is 2.88. The van der Waals surface area contributed by atoms with Crippen LogP contribution in [0.3, 0.4) is 0 Å². The fourth-order valence-electron chi connectivity index (χ4n) is 1.55. The van der Waals surface area contributed by atoms with Crippen molar-refractivity contribution in [3.8, 4) is 16.5 Å². The summed E-state index contributed by atoms with van der Waals surface area (Å²) in [4.78, 5) is 31.0. The number of hydrogen-bond donors (Lipinski definition) is 3. The summed E-state index contributed by atoms with van der Waals surface area (Å²) >= 11 is 1.38. The van der Waals surface area contributed by atoms with Crippen molar-refractivity contribution in [3.63, 3.8) is 0 Å². The van der Waals surface area contributed by atoms with Crippen LogP contribution in [0.5, 0.6) is 5.75 Å². The number of nitrogens with one attached hydrogen (secondary N) is 2. The van der Waals surface area contributed by atoms with Crippen LogP contribution < -0.4 is 10.9 Å². The fraction of sp³-hybridized carbons (Fsp3) is 0.308. The van der Waals surface area contributed by atoms with E-state index in [1.165, 1.54) is 11.3 Å². The van der Waals surface area contributed by atoms with Gasteiger partial charge in [0.05, 0.1) is 4.88 Å². The monoisotopic (exact) mass is 293 g/mol. The fourth-order valence-corrected chi connectivity index (χ4v) is 2.22. The van der Waals surface area contributed by atoms with Crippen molar-refractivity contribution in [2.45, 2.75) is 26.3 Å². The minimum atomic E-state index is -0.724. The molecule has 2 aromatic heterocycles. The van der Waals surface area contributed by atoms with Gasteiger partial charge in [-0.1, -0.05) is 13.0 Å². The molecule has 0 saturated carbocycles. The molecule has 106 valence electrons. The number of carbonyl (C=O) groups excluding carboxylic acids is 1. The molecule has 1 amide bonds. The third-order valence-corrected chi connectivity index (χ3v) is 3.73. The van der Waals surface area contributed by atoms with Gasteiger partial charge < -0.3 is 15.4 Å². The minimum Gasteiger partial charge on any atom is -0.501 e. The number of H-pyrrole nitrogens is 1. The van der Waals surface area contributed by atoms with Crippen LogP contribution in [0.25, 0.3) is 10.7 Å². The Bertz CT molecular complexity index is 664. The second-order valence-electron chi connectivity index (χ2n) is 4.37. The van der Waals surface area contributed by atoms with Gasteiger partial charge in [0.1, 0.15) is 0 Å². The van der Waals surface area contributed by atoms with Crippen molar-refractivity contribution < 1.29 is 9.90 Å². The van der Waals surface area contributed by atoms with E-state index in [2.05, 4.69) is 15.3 Å². The first-order chi connectivity index (χ1) is 9.52. The molecule has 0 fully saturated rings. The molecule has 0 saturated heterocycles. The zero-order chi connectivity index (χ0) is 14.7. The van der Waals surface area contributed by atoms with E-state index < -0.39 is 17.2 Å². The number of thiophene rings is 1. The van der Waals surface area contributed by atoms with Gasteiger partial charge in [-0.15, -0.1) is 11.3 Å². The quantitative estimate of drug-likeness (QED) is 0.800. The van der Waals surface area contributed by atoms with Gasteiger partial charge in [-0.05, 0) is 24.8 Å². The highest BCUT2D eigenvalue weighted by molar-refractivity contribution is 7.13. The molecule has 2 aromatic rings. The van der Waals surface area contributed by atoms with Crippen molar-refractivity contribution in [2.24, 2.45) is 0 Å². The number of hydrogen-bond acceptors (Lipinski definition) is 5. The molecule has 20 heavy (non-hydrogen) atoms. The number of amides is 1. The Labute approximate surface area is 119 Å². The predicted molar refractivity (Wildman–Crippen MR) is 77.1 cm³/mol. The number of aromatic nitrogens is 2. The zero-order valence-electron chi connectivity index (χ0n) is 11.1. The maximum Gasteiger partial charge on any atom is 0.294 e. The van der Waals surface area contributed by atoms with Crippen molar-refractivity contribution in [3.05, 3.63) is 33.6 Å². The van der Waals surface area contributed by atoms with Crippen LogP contribution in [0.15, 0.2) is 22.3 Å². The van der Waals surface area contributed by atoms with E-state index in [1.807, 2.05) is 25.3 Å². The largest absolute Gasteiger partial charge is 0.501 e. The highest BCUT2D eigenvalue weighted by atomic mass is 32.1. The van der Waals surface area contributed by atoms with Crippen LogP contribution in [-0.2, 0) is 0 Å². The normalized spacial score (nSPS) is 12.1. The summed E-state index contributed by atoms with van der Waals surface area (Å²) < 4.78 is 0. The highest BCUT2D eigenvalue weighted by Crippen LogP contribution is 2.21. The Kier molecular flexibility index (Phi) is 4.19. The van der Waals surface area contributed by atoms with Crippen LogP contribution in [0.4, 0.5) is 0 Å². The predicted octanol–water partition coefficient (Wildman–Crippen LogP) is 1.73. The van der Waals surface area contributed by atoms with Gasteiger partial charge in [-0.3, -0.25) is 9.59 Å². The summed E-state index contributed by atoms with van der Waals surface area (Å²) in [5.74, 6) is -0.941. The molecule has 2 heterocycles. The van der Waals surface area contributed by atoms with Crippen molar-refractivity contribution in [1.82, 2.24) is 15.3 Å². The van der Waals surface area contributed by atoms with Crippen LogP contribution in [0, 0.1) is 0 Å². The first-order valence-corrected chi connectivity index (χ1v) is 7.09. The lowest BCUT2D eigenvalue weighted by molar-refractivity contribution is 0.0931. The highest BCUT2D eigenvalue weighted by Gasteiger charge is 2.19. The molecule has 0 radical (unpaired) electrons. The Balaban J connectivity index is 2.42. The number of carbonyl (C=O) groups is 1. The maximum absolute atomic E-state index is 12.0. The van der Waals surface area contributed by atoms with E-state index in [9.17, 15) is 14.7 Å². The molecule has 6 nitrogen and oxygen atoms in total. The van der Waals surface area contributed by atoms with Gasteiger partial charge in [0.15, 0.2) is 11.5 Å². The van der Waals surface area contributed by atoms with E-state index in [-0.39, 0.29) is 17.6 Å². The summed E-state index contributed by atoms with van der Waals surface area (Å²) in [6.07, 6.45) is 0.744. The number of rotatable bonds is 4. The maximum atomic E-state index is 12.0. The van der Waals surface area contributed by atoms with Crippen molar-refractivity contribution in [1.29, 1.82) is 0 Å². The molecule has 0 aromatic carbocycles. The molecule has 0 spiro atoms. The topological polar surface area (TPSA) is 95.1 Å². The van der Waals surface area contributed by atoms with E-state index in [1.54, 1.807) is 6.07 Å². The van der Waals surface area contributed by atoms with Gasteiger partial charge in [0.2, 0.25) is 5.75 Å². The van der Waals surface area contributed by atoms with E-state index in [4.69, 9.17) is 0 Å². The Morgan fingerprint density at radius 2 is 2.35 bits per heavy atom. The SMILES string of the molecule is CCC(C)NC(=O)c1nc(-c2cccs2)[nH]c(=O)c1O. The van der Waals surface area contributed by atoms with E-state index in [0.717, 1.165) is 11.3 Å². The number of aromatic hydroxyl groups is 1. The number of nitrogens with zero attached hydrogens (tertiary/aromatic N) is 1. The van der Waals surface area contributed by atoms with Crippen LogP contribution >= 0.6 is 11.3 Å². The lowest BCUT2D eigenvalue weighted by Gasteiger charge is -2.11. The van der Waals surface area contributed by atoms with E-state index >= 15 is 0 Å². The molecule has 0 bridgehead atoms. The van der Waals surface area contributed by atoms with Crippen LogP contribution in [0.2, 0.25) is 0 Å². The average Bonchev–Trinajstić information content (AvgIpc) is 2.95. The second kappa shape index (κ2) is 5.87. The molecule has 2 rings (SSSR count). The molecule has 0 aliphatic rings. The Morgan fingerprint density at radius 3 is 2.95 bits per heavy atom. The summed E-state index contributed by atoms with van der Waals surface area (Å²) in [5.41, 5.74) is -0.977. The molecule has 0 aliphatic carbocycles. The molecule has 0 aliphatic heterocycles. The molecule has 1 unspecified atom stereocenters. The molecule has 7 heteroatoms.